The zero-order valence-corrected chi connectivity index (χ0v) is 12.1. The van der Waals surface area contributed by atoms with E-state index in [4.69, 9.17) is 10.00 Å². The molecule has 0 bridgehead atoms. The van der Waals surface area contributed by atoms with Crippen LogP contribution in [0.15, 0.2) is 42.5 Å². The minimum Gasteiger partial charge on any atom is -0.490 e. The number of halogens is 1. The molecule has 1 fully saturated rings. The van der Waals surface area contributed by atoms with Gasteiger partial charge in [-0.05, 0) is 36.4 Å². The molecule has 3 rings (SSSR count). The lowest BCUT2D eigenvalue weighted by Gasteiger charge is -2.33. The van der Waals surface area contributed by atoms with Crippen molar-refractivity contribution in [1.82, 2.24) is 4.98 Å². The molecule has 1 saturated heterocycles. The molecular formula is C17H16FN3O. The molecule has 1 aliphatic rings. The van der Waals surface area contributed by atoms with Crippen LogP contribution in [0.25, 0.3) is 0 Å². The molecule has 0 radical (unpaired) electrons. The summed E-state index contributed by atoms with van der Waals surface area (Å²) in [5.41, 5.74) is 0.433. The largest absolute Gasteiger partial charge is 0.490 e. The van der Waals surface area contributed by atoms with Crippen LogP contribution in [0.2, 0.25) is 0 Å². The number of pyridine rings is 1. The van der Waals surface area contributed by atoms with Crippen LogP contribution < -0.4 is 9.64 Å². The molecule has 0 amide bonds. The molecule has 112 valence electrons. The van der Waals surface area contributed by atoms with Gasteiger partial charge in [0.05, 0.1) is 0 Å². The Hall–Kier alpha value is -2.61. The fourth-order valence-electron chi connectivity index (χ4n) is 2.57. The second-order valence-electron chi connectivity index (χ2n) is 5.25. The quantitative estimate of drug-likeness (QED) is 0.873. The van der Waals surface area contributed by atoms with Crippen molar-refractivity contribution in [2.75, 3.05) is 18.0 Å². The molecule has 1 aliphatic heterocycles. The van der Waals surface area contributed by atoms with E-state index in [9.17, 15) is 4.39 Å². The monoisotopic (exact) mass is 297 g/mol. The second-order valence-corrected chi connectivity index (χ2v) is 5.25. The van der Waals surface area contributed by atoms with E-state index in [0.717, 1.165) is 31.7 Å². The van der Waals surface area contributed by atoms with Crippen LogP contribution in [0, 0.1) is 17.1 Å². The first-order valence-electron chi connectivity index (χ1n) is 7.29. The van der Waals surface area contributed by atoms with Gasteiger partial charge in [-0.2, -0.15) is 5.26 Å². The highest BCUT2D eigenvalue weighted by atomic mass is 19.1. The number of nitriles is 1. The van der Waals surface area contributed by atoms with Crippen molar-refractivity contribution in [1.29, 1.82) is 5.26 Å². The zero-order chi connectivity index (χ0) is 15.4. The molecule has 0 N–H and O–H groups in total. The molecule has 0 unspecified atom stereocenters. The first kappa shape index (κ1) is 14.3. The second kappa shape index (κ2) is 6.44. The molecule has 2 aromatic rings. The number of benzene rings is 1. The average molecular weight is 297 g/mol. The van der Waals surface area contributed by atoms with E-state index in [0.29, 0.717) is 11.4 Å². The highest BCUT2D eigenvalue weighted by molar-refractivity contribution is 5.42. The molecule has 0 aliphatic carbocycles. The van der Waals surface area contributed by atoms with Gasteiger partial charge in [0.2, 0.25) is 0 Å². The van der Waals surface area contributed by atoms with Gasteiger partial charge >= 0.3 is 0 Å². The number of aromatic nitrogens is 1. The number of ether oxygens (including phenoxy) is 1. The maximum Gasteiger partial charge on any atom is 0.142 e. The highest BCUT2D eigenvalue weighted by Gasteiger charge is 2.21. The third kappa shape index (κ3) is 3.34. The Kier molecular flexibility index (Phi) is 4.19. The molecule has 22 heavy (non-hydrogen) atoms. The van der Waals surface area contributed by atoms with E-state index >= 15 is 0 Å². The third-order valence-electron chi connectivity index (χ3n) is 3.73. The summed E-state index contributed by atoms with van der Waals surface area (Å²) in [6.45, 7) is 1.65. The lowest BCUT2D eigenvalue weighted by atomic mass is 10.1. The van der Waals surface area contributed by atoms with Gasteiger partial charge in [-0.25, -0.2) is 9.37 Å². The predicted octanol–water partition coefficient (Wildman–Crippen LogP) is 3.14. The molecule has 5 heteroatoms. The summed E-state index contributed by atoms with van der Waals surface area (Å²) in [7, 11) is 0. The van der Waals surface area contributed by atoms with Crippen LogP contribution in [0.3, 0.4) is 0 Å². The SMILES string of the molecule is N#Cc1cccc(N2CCC(Oc3ccc(F)cc3)CC2)n1. The van der Waals surface area contributed by atoms with Crippen LogP contribution >= 0.6 is 0 Å². The van der Waals surface area contributed by atoms with Crippen LogP contribution in [-0.2, 0) is 0 Å². The summed E-state index contributed by atoms with van der Waals surface area (Å²) in [4.78, 5) is 6.47. The van der Waals surface area contributed by atoms with E-state index in [1.165, 1.54) is 12.1 Å². The molecule has 0 spiro atoms. The minimum absolute atomic E-state index is 0.126. The van der Waals surface area contributed by atoms with Crippen molar-refractivity contribution < 1.29 is 9.13 Å². The topological polar surface area (TPSA) is 49.2 Å². The number of hydrogen-bond donors (Lipinski definition) is 0. The van der Waals surface area contributed by atoms with Crippen molar-refractivity contribution in [3.05, 3.63) is 54.0 Å². The van der Waals surface area contributed by atoms with Crippen molar-refractivity contribution in [2.24, 2.45) is 0 Å². The average Bonchev–Trinajstić information content (AvgIpc) is 2.58. The van der Waals surface area contributed by atoms with E-state index in [-0.39, 0.29) is 11.9 Å². The molecule has 0 atom stereocenters. The molecule has 1 aromatic heterocycles. The Bertz CT molecular complexity index is 673. The Labute approximate surface area is 128 Å². The van der Waals surface area contributed by atoms with Gasteiger partial charge in [0.1, 0.15) is 35.3 Å². The first-order chi connectivity index (χ1) is 10.7. The lowest BCUT2D eigenvalue weighted by molar-refractivity contribution is 0.170. The summed E-state index contributed by atoms with van der Waals surface area (Å²) in [5.74, 6) is 1.27. The van der Waals surface area contributed by atoms with Crippen molar-refractivity contribution in [2.45, 2.75) is 18.9 Å². The van der Waals surface area contributed by atoms with Gasteiger partial charge in [-0.1, -0.05) is 6.07 Å². The normalized spacial score (nSPS) is 15.4. The van der Waals surface area contributed by atoms with Crippen molar-refractivity contribution in [3.8, 4) is 11.8 Å². The Balaban J connectivity index is 1.58. The van der Waals surface area contributed by atoms with Gasteiger partial charge in [0, 0.05) is 25.9 Å². The lowest BCUT2D eigenvalue weighted by Crippen LogP contribution is -2.38. The molecule has 1 aromatic carbocycles. The van der Waals surface area contributed by atoms with E-state index in [2.05, 4.69) is 16.0 Å². The zero-order valence-electron chi connectivity index (χ0n) is 12.1. The Morgan fingerprint density at radius 1 is 1.14 bits per heavy atom. The van der Waals surface area contributed by atoms with Crippen LogP contribution in [0.5, 0.6) is 5.75 Å². The summed E-state index contributed by atoms with van der Waals surface area (Å²) >= 11 is 0. The standard InChI is InChI=1S/C17H16FN3O/c18-13-4-6-15(7-5-13)22-16-8-10-21(11-9-16)17-3-1-2-14(12-19)20-17/h1-7,16H,8-11H2. The number of hydrogen-bond acceptors (Lipinski definition) is 4. The van der Waals surface area contributed by atoms with Gasteiger partial charge in [0.25, 0.3) is 0 Å². The van der Waals surface area contributed by atoms with Gasteiger partial charge < -0.3 is 9.64 Å². The van der Waals surface area contributed by atoms with Crippen molar-refractivity contribution in [3.63, 3.8) is 0 Å². The molecule has 4 nitrogen and oxygen atoms in total. The summed E-state index contributed by atoms with van der Waals surface area (Å²) in [6, 6.07) is 13.6. The van der Waals surface area contributed by atoms with E-state index in [1.54, 1.807) is 18.2 Å². The van der Waals surface area contributed by atoms with Crippen LogP contribution in [-0.4, -0.2) is 24.2 Å². The van der Waals surface area contributed by atoms with E-state index in [1.807, 2.05) is 12.1 Å². The fourth-order valence-corrected chi connectivity index (χ4v) is 2.57. The summed E-state index contributed by atoms with van der Waals surface area (Å²) in [5, 5.41) is 8.91. The van der Waals surface area contributed by atoms with Gasteiger partial charge in [-0.3, -0.25) is 0 Å². The number of anilines is 1. The molecule has 2 heterocycles. The van der Waals surface area contributed by atoms with Gasteiger partial charge in [-0.15, -0.1) is 0 Å². The highest BCUT2D eigenvalue weighted by Crippen LogP contribution is 2.22. The Morgan fingerprint density at radius 3 is 2.55 bits per heavy atom. The maximum atomic E-state index is 12.9. The van der Waals surface area contributed by atoms with Crippen molar-refractivity contribution >= 4 is 5.82 Å². The minimum atomic E-state index is -0.259. The van der Waals surface area contributed by atoms with Crippen LogP contribution in [0.1, 0.15) is 18.5 Å². The predicted molar refractivity (Wildman–Crippen MR) is 81.2 cm³/mol. The Morgan fingerprint density at radius 2 is 1.86 bits per heavy atom. The fraction of sp³-hybridized carbons (Fsp3) is 0.294. The maximum absolute atomic E-state index is 12.9. The number of piperidine rings is 1. The smallest absolute Gasteiger partial charge is 0.142 e. The first-order valence-corrected chi connectivity index (χ1v) is 7.29. The number of nitrogens with zero attached hydrogens (tertiary/aromatic N) is 3. The summed E-state index contributed by atoms with van der Waals surface area (Å²) < 4.78 is 18.7. The summed E-state index contributed by atoms with van der Waals surface area (Å²) in [6.07, 6.45) is 1.87. The number of rotatable bonds is 3. The van der Waals surface area contributed by atoms with Gasteiger partial charge in [0.15, 0.2) is 0 Å². The van der Waals surface area contributed by atoms with E-state index < -0.39 is 0 Å². The van der Waals surface area contributed by atoms with Crippen LogP contribution in [0.4, 0.5) is 10.2 Å². The molecule has 0 saturated carbocycles. The molecular weight excluding hydrogens is 281 g/mol. The third-order valence-corrected chi connectivity index (χ3v) is 3.73.